The molecule has 4 rings (SSSR count). The SMILES string of the molecule is CC(=O)N(Cc1ccccc1)C1=CC(=O)[C@H]2[C@@H]1[C@H]1C=C[C@@H]2C1. The van der Waals surface area contributed by atoms with E-state index >= 15 is 0 Å². The van der Waals surface area contributed by atoms with Gasteiger partial charge in [-0.3, -0.25) is 9.59 Å². The molecule has 3 aliphatic carbocycles. The van der Waals surface area contributed by atoms with Crippen LogP contribution in [0.3, 0.4) is 0 Å². The van der Waals surface area contributed by atoms with Gasteiger partial charge in [0.05, 0.1) is 6.54 Å². The highest BCUT2D eigenvalue weighted by molar-refractivity contribution is 5.97. The van der Waals surface area contributed by atoms with Crippen LogP contribution in [0.5, 0.6) is 0 Å². The van der Waals surface area contributed by atoms with Crippen molar-refractivity contribution in [3.63, 3.8) is 0 Å². The van der Waals surface area contributed by atoms with Crippen LogP contribution in [0.15, 0.2) is 54.3 Å². The molecule has 0 unspecified atom stereocenters. The van der Waals surface area contributed by atoms with Gasteiger partial charge >= 0.3 is 0 Å². The van der Waals surface area contributed by atoms with Crippen LogP contribution in [0.25, 0.3) is 0 Å². The molecule has 3 aliphatic rings. The van der Waals surface area contributed by atoms with Gasteiger partial charge in [-0.25, -0.2) is 0 Å². The largest absolute Gasteiger partial charge is 0.312 e. The molecule has 0 saturated heterocycles. The molecule has 1 amide bonds. The van der Waals surface area contributed by atoms with E-state index in [1.165, 1.54) is 0 Å². The first-order valence-corrected chi connectivity index (χ1v) is 7.91. The molecule has 0 N–H and O–H groups in total. The van der Waals surface area contributed by atoms with Crippen LogP contribution in [-0.4, -0.2) is 16.6 Å². The van der Waals surface area contributed by atoms with Gasteiger partial charge < -0.3 is 4.90 Å². The van der Waals surface area contributed by atoms with E-state index in [4.69, 9.17) is 0 Å². The smallest absolute Gasteiger partial charge is 0.223 e. The lowest BCUT2D eigenvalue weighted by atomic mass is 9.83. The maximum absolute atomic E-state index is 12.4. The first-order valence-electron chi connectivity index (χ1n) is 7.91. The van der Waals surface area contributed by atoms with Crippen LogP contribution in [0.2, 0.25) is 0 Å². The molecule has 0 aromatic heterocycles. The summed E-state index contributed by atoms with van der Waals surface area (Å²) in [5, 5.41) is 0. The molecule has 22 heavy (non-hydrogen) atoms. The van der Waals surface area contributed by atoms with Gasteiger partial charge in [-0.1, -0.05) is 42.5 Å². The number of benzene rings is 1. The Balaban J connectivity index is 1.66. The Morgan fingerprint density at radius 1 is 1.14 bits per heavy atom. The molecular formula is C19H19NO2. The second kappa shape index (κ2) is 4.94. The number of nitrogens with zero attached hydrogens (tertiary/aromatic N) is 1. The third kappa shape index (κ3) is 1.96. The summed E-state index contributed by atoms with van der Waals surface area (Å²) < 4.78 is 0. The highest BCUT2D eigenvalue weighted by atomic mass is 16.2. The monoisotopic (exact) mass is 293 g/mol. The molecule has 2 bridgehead atoms. The highest BCUT2D eigenvalue weighted by Gasteiger charge is 2.53. The van der Waals surface area contributed by atoms with Crippen molar-refractivity contribution in [2.24, 2.45) is 23.7 Å². The summed E-state index contributed by atoms with van der Waals surface area (Å²) in [6.07, 6.45) is 7.22. The second-order valence-corrected chi connectivity index (χ2v) is 6.56. The van der Waals surface area contributed by atoms with Crippen molar-refractivity contribution < 1.29 is 9.59 Å². The van der Waals surface area contributed by atoms with E-state index in [0.717, 1.165) is 17.7 Å². The minimum atomic E-state index is 0.00954. The number of hydrogen-bond donors (Lipinski definition) is 0. The van der Waals surface area contributed by atoms with Crippen LogP contribution in [-0.2, 0) is 16.1 Å². The number of carbonyl (C=O) groups is 2. The Labute approximate surface area is 130 Å². The lowest BCUT2D eigenvalue weighted by Crippen LogP contribution is -2.33. The van der Waals surface area contributed by atoms with Gasteiger partial charge in [0.1, 0.15) is 0 Å². The van der Waals surface area contributed by atoms with Crippen LogP contribution < -0.4 is 0 Å². The normalized spacial score (nSPS) is 31.3. The van der Waals surface area contributed by atoms with Gasteiger partial charge in [0.2, 0.25) is 5.91 Å². The zero-order valence-electron chi connectivity index (χ0n) is 12.6. The molecular weight excluding hydrogens is 274 g/mol. The van der Waals surface area contributed by atoms with Crippen LogP contribution in [0.4, 0.5) is 0 Å². The molecule has 0 aliphatic heterocycles. The zero-order valence-corrected chi connectivity index (χ0v) is 12.6. The van der Waals surface area contributed by atoms with Crippen molar-refractivity contribution in [1.82, 2.24) is 4.90 Å². The van der Waals surface area contributed by atoms with E-state index in [2.05, 4.69) is 12.2 Å². The summed E-state index contributed by atoms with van der Waals surface area (Å²) in [7, 11) is 0. The molecule has 3 nitrogen and oxygen atoms in total. The Morgan fingerprint density at radius 2 is 1.82 bits per heavy atom. The molecule has 1 aromatic rings. The quantitative estimate of drug-likeness (QED) is 0.804. The van der Waals surface area contributed by atoms with Crippen molar-refractivity contribution >= 4 is 11.7 Å². The summed E-state index contributed by atoms with van der Waals surface area (Å²) in [6.45, 7) is 2.13. The number of ketones is 1. The number of hydrogen-bond acceptors (Lipinski definition) is 2. The molecule has 1 saturated carbocycles. The molecule has 3 heteroatoms. The first kappa shape index (κ1) is 13.5. The predicted octanol–water partition coefficient (Wildman–Crippen LogP) is 2.94. The van der Waals surface area contributed by atoms with Crippen molar-refractivity contribution in [3.05, 3.63) is 59.8 Å². The Morgan fingerprint density at radius 3 is 2.50 bits per heavy atom. The maximum Gasteiger partial charge on any atom is 0.223 e. The van der Waals surface area contributed by atoms with Gasteiger partial charge in [-0.2, -0.15) is 0 Å². The molecule has 0 radical (unpaired) electrons. The number of amides is 1. The number of rotatable bonds is 3. The van der Waals surface area contributed by atoms with E-state index in [0.29, 0.717) is 18.4 Å². The van der Waals surface area contributed by atoms with E-state index in [-0.39, 0.29) is 23.5 Å². The number of allylic oxidation sites excluding steroid dienone is 4. The van der Waals surface area contributed by atoms with Gasteiger partial charge in [0.15, 0.2) is 5.78 Å². The first-order chi connectivity index (χ1) is 10.6. The Bertz CT molecular complexity index is 689. The van der Waals surface area contributed by atoms with Gasteiger partial charge in [0.25, 0.3) is 0 Å². The Hall–Kier alpha value is -2.16. The summed E-state index contributed by atoms with van der Waals surface area (Å²) in [5.41, 5.74) is 2.02. The fourth-order valence-corrected chi connectivity index (χ4v) is 4.36. The van der Waals surface area contributed by atoms with Gasteiger partial charge in [-0.15, -0.1) is 0 Å². The van der Waals surface area contributed by atoms with Crippen LogP contribution >= 0.6 is 0 Å². The van der Waals surface area contributed by atoms with E-state index < -0.39 is 0 Å². The summed E-state index contributed by atoms with van der Waals surface area (Å²) in [6, 6.07) is 9.96. The molecule has 1 aromatic carbocycles. The Kier molecular flexibility index (Phi) is 3.03. The lowest BCUT2D eigenvalue weighted by Gasteiger charge is -2.30. The van der Waals surface area contributed by atoms with Crippen molar-refractivity contribution in [3.8, 4) is 0 Å². The fourth-order valence-electron chi connectivity index (χ4n) is 4.36. The molecule has 1 fully saturated rings. The predicted molar refractivity (Wildman–Crippen MR) is 83.5 cm³/mol. The zero-order chi connectivity index (χ0) is 15.3. The van der Waals surface area contributed by atoms with E-state index in [9.17, 15) is 9.59 Å². The topological polar surface area (TPSA) is 37.4 Å². The number of fused-ring (bicyclic) bond motifs is 5. The average molecular weight is 293 g/mol. The van der Waals surface area contributed by atoms with Gasteiger partial charge in [-0.05, 0) is 23.8 Å². The van der Waals surface area contributed by atoms with Crippen molar-refractivity contribution in [2.45, 2.75) is 19.9 Å². The third-order valence-corrected chi connectivity index (χ3v) is 5.29. The summed E-state index contributed by atoms with van der Waals surface area (Å²) >= 11 is 0. The van der Waals surface area contributed by atoms with Crippen LogP contribution in [0.1, 0.15) is 18.9 Å². The van der Waals surface area contributed by atoms with Crippen molar-refractivity contribution in [1.29, 1.82) is 0 Å². The summed E-state index contributed by atoms with van der Waals surface area (Å²) in [4.78, 5) is 26.4. The van der Waals surface area contributed by atoms with Gasteiger partial charge in [0, 0.05) is 30.5 Å². The highest BCUT2D eigenvalue weighted by Crippen LogP contribution is 2.54. The minimum absolute atomic E-state index is 0.00954. The van der Waals surface area contributed by atoms with Crippen molar-refractivity contribution in [2.75, 3.05) is 0 Å². The molecule has 4 atom stereocenters. The fraction of sp³-hybridized carbons (Fsp3) is 0.368. The van der Waals surface area contributed by atoms with E-state index in [1.807, 2.05) is 30.3 Å². The molecule has 0 heterocycles. The average Bonchev–Trinajstić information content (AvgIpc) is 3.19. The lowest BCUT2D eigenvalue weighted by molar-refractivity contribution is -0.128. The summed E-state index contributed by atoms with van der Waals surface area (Å²) in [5.74, 6) is 1.29. The third-order valence-electron chi connectivity index (χ3n) is 5.29. The standard InChI is InChI=1S/C19H19NO2/c1-12(21)20(11-13-5-3-2-4-6-13)16-10-17(22)19-15-8-7-14(9-15)18(16)19/h2-8,10,14-15,18-19H,9,11H2,1H3/t14-,15+,18+,19-/m0/s1. The van der Waals surface area contributed by atoms with Crippen LogP contribution in [0, 0.1) is 23.7 Å². The van der Waals surface area contributed by atoms with E-state index in [1.54, 1.807) is 17.9 Å². The number of carbonyl (C=O) groups excluding carboxylic acids is 2. The minimum Gasteiger partial charge on any atom is -0.312 e. The maximum atomic E-state index is 12.4. The second-order valence-electron chi connectivity index (χ2n) is 6.56. The molecule has 112 valence electrons. The molecule has 0 spiro atoms.